The van der Waals surface area contributed by atoms with Crippen LogP contribution in [0.1, 0.15) is 40.6 Å². The lowest BCUT2D eigenvalue weighted by molar-refractivity contribution is 0.0973. The first-order valence-corrected chi connectivity index (χ1v) is 9.22. The number of aryl methyl sites for hydroxylation is 1. The number of rotatable bonds is 1. The Labute approximate surface area is 142 Å². The van der Waals surface area contributed by atoms with Crippen LogP contribution in [-0.4, -0.2) is 15.5 Å². The Bertz CT molecular complexity index is 1080. The van der Waals surface area contributed by atoms with Gasteiger partial charge >= 0.3 is 0 Å². The van der Waals surface area contributed by atoms with Gasteiger partial charge in [-0.15, -0.1) is 11.3 Å². The molecule has 24 heavy (non-hydrogen) atoms. The molecule has 0 radical (unpaired) electrons. The number of thiophene rings is 1. The van der Waals surface area contributed by atoms with E-state index >= 15 is 0 Å². The minimum Gasteiger partial charge on any atom is -0.268 e. The van der Waals surface area contributed by atoms with Crippen LogP contribution in [0.5, 0.6) is 0 Å². The molecule has 2 aliphatic rings. The highest BCUT2D eigenvalue weighted by atomic mass is 32.1. The van der Waals surface area contributed by atoms with Crippen molar-refractivity contribution in [2.75, 3.05) is 0 Å². The van der Waals surface area contributed by atoms with Gasteiger partial charge in [-0.05, 0) is 36.8 Å². The Balaban J connectivity index is 1.84. The van der Waals surface area contributed by atoms with Gasteiger partial charge in [-0.3, -0.25) is 9.59 Å². The molecular weight excluding hydrogens is 320 g/mol. The Morgan fingerprint density at radius 3 is 2.83 bits per heavy atom. The quantitative estimate of drug-likeness (QED) is 0.533. The molecule has 0 spiro atoms. The summed E-state index contributed by atoms with van der Waals surface area (Å²) in [7, 11) is 0. The summed E-state index contributed by atoms with van der Waals surface area (Å²) in [5, 5.41) is 0.675. The van der Waals surface area contributed by atoms with Gasteiger partial charge in [0.2, 0.25) is 0 Å². The van der Waals surface area contributed by atoms with E-state index < -0.39 is 0 Å². The molecule has 1 atom stereocenters. The van der Waals surface area contributed by atoms with E-state index in [-0.39, 0.29) is 11.5 Å². The Morgan fingerprint density at radius 2 is 2.04 bits per heavy atom. The van der Waals surface area contributed by atoms with Crippen LogP contribution in [0.4, 0.5) is 0 Å². The number of nitrogens with zero attached hydrogens (tertiary/aromatic N) is 2. The van der Waals surface area contributed by atoms with Crippen molar-refractivity contribution in [1.29, 1.82) is 0 Å². The lowest BCUT2D eigenvalue weighted by Gasteiger charge is -2.20. The molecule has 3 heterocycles. The standard InChI is InChI=1S/C19H16N2O2S/c1-2-10-7-8-13-14(9-10)24-19-15(13)17(22)20-16-11-5-3-4-6-12(11)18(23)21(16)19/h3-6,10H,2,7-9H2,1H3/t10-/m0/s1. The van der Waals surface area contributed by atoms with Gasteiger partial charge in [0.25, 0.3) is 11.5 Å². The highest BCUT2D eigenvalue weighted by molar-refractivity contribution is 7.19. The number of carbonyl (C=O) groups excluding carboxylic acids is 1. The van der Waals surface area contributed by atoms with Crippen molar-refractivity contribution in [2.24, 2.45) is 5.92 Å². The van der Waals surface area contributed by atoms with Gasteiger partial charge in [0.05, 0.1) is 10.9 Å². The van der Waals surface area contributed by atoms with E-state index in [1.165, 1.54) is 4.88 Å². The molecule has 5 rings (SSSR count). The van der Waals surface area contributed by atoms with Gasteiger partial charge in [0.1, 0.15) is 4.83 Å². The van der Waals surface area contributed by atoms with Gasteiger partial charge < -0.3 is 0 Å². The van der Waals surface area contributed by atoms with Crippen LogP contribution < -0.4 is 5.56 Å². The number of fused-ring (bicyclic) bond motifs is 7. The summed E-state index contributed by atoms with van der Waals surface area (Å²) >= 11 is 1.61. The molecule has 1 aliphatic heterocycles. The second kappa shape index (κ2) is 4.86. The average molecular weight is 336 g/mol. The Morgan fingerprint density at radius 1 is 1.25 bits per heavy atom. The molecule has 0 fully saturated rings. The van der Waals surface area contributed by atoms with Crippen LogP contribution in [0.3, 0.4) is 0 Å². The minimum absolute atomic E-state index is 0.0660. The van der Waals surface area contributed by atoms with E-state index in [2.05, 4.69) is 11.9 Å². The van der Waals surface area contributed by atoms with Crippen molar-refractivity contribution in [2.45, 2.75) is 32.6 Å². The fourth-order valence-corrected chi connectivity index (χ4v) is 5.47. The summed E-state index contributed by atoms with van der Waals surface area (Å²) in [6.07, 6.45) is 4.21. The van der Waals surface area contributed by atoms with Crippen LogP contribution in [-0.2, 0) is 12.8 Å². The van der Waals surface area contributed by atoms with Gasteiger partial charge in [-0.25, -0.2) is 4.57 Å². The molecule has 1 aromatic carbocycles. The molecule has 0 saturated carbocycles. The lowest BCUT2D eigenvalue weighted by Crippen LogP contribution is -2.17. The zero-order valence-electron chi connectivity index (χ0n) is 13.3. The van der Waals surface area contributed by atoms with E-state index in [9.17, 15) is 9.59 Å². The number of carbonyl (C=O) groups is 1. The van der Waals surface area contributed by atoms with Crippen molar-refractivity contribution in [3.8, 4) is 11.4 Å². The number of hydrogen-bond acceptors (Lipinski definition) is 4. The van der Waals surface area contributed by atoms with Crippen molar-refractivity contribution in [3.05, 3.63) is 50.6 Å². The van der Waals surface area contributed by atoms with E-state index in [0.29, 0.717) is 22.7 Å². The van der Waals surface area contributed by atoms with Crippen molar-refractivity contribution in [3.63, 3.8) is 0 Å². The Hall–Kier alpha value is -2.27. The number of benzene rings is 1. The molecular formula is C19H16N2O2S. The molecule has 4 nitrogen and oxygen atoms in total. The van der Waals surface area contributed by atoms with E-state index in [1.54, 1.807) is 15.9 Å². The Kier molecular flexibility index (Phi) is 2.86. The molecule has 0 amide bonds. The number of aromatic nitrogens is 2. The first-order valence-electron chi connectivity index (χ1n) is 8.40. The highest BCUT2D eigenvalue weighted by Crippen LogP contribution is 2.40. The van der Waals surface area contributed by atoms with Gasteiger partial charge in [0.15, 0.2) is 5.82 Å². The van der Waals surface area contributed by atoms with Crippen LogP contribution in [0.25, 0.3) is 21.6 Å². The molecule has 0 saturated heterocycles. The first-order chi connectivity index (χ1) is 11.7. The molecule has 5 heteroatoms. The third kappa shape index (κ3) is 1.70. The maximum atomic E-state index is 12.9. The van der Waals surface area contributed by atoms with Crippen LogP contribution in [0.2, 0.25) is 0 Å². The molecule has 120 valence electrons. The summed E-state index contributed by atoms with van der Waals surface area (Å²) in [6, 6.07) is 7.40. The third-order valence-corrected chi connectivity index (χ3v) is 6.60. The van der Waals surface area contributed by atoms with Gasteiger partial charge in [-0.1, -0.05) is 31.5 Å². The maximum absolute atomic E-state index is 12.9. The predicted molar refractivity (Wildman–Crippen MR) is 94.9 cm³/mol. The smallest absolute Gasteiger partial charge is 0.268 e. The van der Waals surface area contributed by atoms with Gasteiger partial charge in [-0.2, -0.15) is 4.98 Å². The molecule has 1 aliphatic carbocycles. The van der Waals surface area contributed by atoms with Crippen molar-refractivity contribution < 1.29 is 4.79 Å². The summed E-state index contributed by atoms with van der Waals surface area (Å²) in [4.78, 5) is 31.9. The van der Waals surface area contributed by atoms with E-state index in [0.717, 1.165) is 41.6 Å². The zero-order valence-corrected chi connectivity index (χ0v) is 14.2. The van der Waals surface area contributed by atoms with Gasteiger partial charge in [0, 0.05) is 10.4 Å². The fraction of sp³-hybridized carbons (Fsp3) is 0.316. The van der Waals surface area contributed by atoms with Crippen molar-refractivity contribution >= 4 is 27.5 Å². The van der Waals surface area contributed by atoms with E-state index in [1.807, 2.05) is 24.3 Å². The fourth-order valence-electron chi connectivity index (χ4n) is 4.02. The van der Waals surface area contributed by atoms with Crippen LogP contribution in [0, 0.1) is 5.92 Å². The summed E-state index contributed by atoms with van der Waals surface area (Å²) in [6.45, 7) is 2.22. The normalized spacial score (nSPS) is 18.5. The second-order valence-electron chi connectivity index (χ2n) is 6.63. The first kappa shape index (κ1) is 14.1. The summed E-state index contributed by atoms with van der Waals surface area (Å²) in [5.41, 5.74) is 2.35. The maximum Gasteiger partial charge on any atom is 0.282 e. The summed E-state index contributed by atoms with van der Waals surface area (Å²) in [5.74, 6) is 1.11. The number of hydrogen-bond donors (Lipinski definition) is 0. The second-order valence-corrected chi connectivity index (χ2v) is 7.71. The minimum atomic E-state index is -0.187. The van der Waals surface area contributed by atoms with E-state index in [4.69, 9.17) is 0 Å². The van der Waals surface area contributed by atoms with Crippen LogP contribution in [0.15, 0.2) is 29.1 Å². The monoisotopic (exact) mass is 336 g/mol. The zero-order chi connectivity index (χ0) is 16.4. The SMILES string of the molecule is CC[C@H]1CCc2c(sc3c2c(=O)nc2n3C(=O)c3ccccc3-2)C1. The molecule has 2 aromatic heterocycles. The topological polar surface area (TPSA) is 52.0 Å². The lowest BCUT2D eigenvalue weighted by atomic mass is 9.86. The van der Waals surface area contributed by atoms with Crippen LogP contribution >= 0.6 is 11.3 Å². The largest absolute Gasteiger partial charge is 0.282 e. The molecule has 0 bridgehead atoms. The average Bonchev–Trinajstić information content (AvgIpc) is 3.11. The molecule has 0 unspecified atom stereocenters. The summed E-state index contributed by atoms with van der Waals surface area (Å²) < 4.78 is 1.66. The third-order valence-electron chi connectivity index (χ3n) is 5.36. The van der Waals surface area contributed by atoms with Crippen molar-refractivity contribution in [1.82, 2.24) is 9.55 Å². The molecule has 0 N–H and O–H groups in total. The highest BCUT2D eigenvalue weighted by Gasteiger charge is 2.32. The molecule has 3 aromatic rings. The predicted octanol–water partition coefficient (Wildman–Crippen LogP) is 3.64.